The van der Waals surface area contributed by atoms with Crippen LogP contribution in [-0.4, -0.2) is 46.8 Å². The number of halogens is 1. The first-order chi connectivity index (χ1) is 9.68. The molecule has 4 nitrogen and oxygen atoms in total. The van der Waals surface area contributed by atoms with E-state index in [9.17, 15) is 9.90 Å². The minimum absolute atomic E-state index is 0. The maximum absolute atomic E-state index is 10.3. The lowest BCUT2D eigenvalue weighted by atomic mass is 10.0. The number of hydrogen-bond acceptors (Lipinski definition) is 3. The van der Waals surface area contributed by atoms with E-state index in [0.717, 1.165) is 64.6 Å². The molecule has 1 rings (SSSR count). The molecule has 0 aliphatic carbocycles. The van der Waals surface area contributed by atoms with Crippen LogP contribution in [0, 0.1) is 0 Å². The number of unbranched alkanes of at least 4 members (excludes halogenated alkanes) is 5. The van der Waals surface area contributed by atoms with Crippen molar-refractivity contribution in [1.82, 2.24) is 4.90 Å². The van der Waals surface area contributed by atoms with Crippen molar-refractivity contribution in [3.05, 3.63) is 0 Å². The normalized spacial score (nSPS) is 17.2. The van der Waals surface area contributed by atoms with Gasteiger partial charge in [-0.15, -0.1) is 12.4 Å². The van der Waals surface area contributed by atoms with Crippen molar-refractivity contribution >= 4 is 18.4 Å². The quantitative estimate of drug-likeness (QED) is 0.572. The van der Waals surface area contributed by atoms with Gasteiger partial charge >= 0.3 is 5.97 Å². The van der Waals surface area contributed by atoms with E-state index < -0.39 is 5.97 Å². The number of rotatable bonds is 11. The summed E-state index contributed by atoms with van der Waals surface area (Å²) >= 11 is 0. The molecule has 0 amide bonds. The summed E-state index contributed by atoms with van der Waals surface area (Å²) in [5.41, 5.74) is 0. The Balaban J connectivity index is 0.00000400. The molecule has 126 valence electrons. The van der Waals surface area contributed by atoms with Gasteiger partial charge in [-0.25, -0.2) is 0 Å². The van der Waals surface area contributed by atoms with Crippen molar-refractivity contribution < 1.29 is 15.0 Å². The maximum atomic E-state index is 10.3. The Bertz CT molecular complexity index is 258. The van der Waals surface area contributed by atoms with E-state index in [4.69, 9.17) is 5.11 Å². The highest BCUT2D eigenvalue weighted by molar-refractivity contribution is 5.85. The highest BCUT2D eigenvalue weighted by Gasteiger charge is 2.13. The Morgan fingerprint density at radius 2 is 1.52 bits per heavy atom. The van der Waals surface area contributed by atoms with Crippen LogP contribution in [0.2, 0.25) is 0 Å². The van der Waals surface area contributed by atoms with Crippen LogP contribution in [0.15, 0.2) is 0 Å². The molecule has 1 saturated heterocycles. The van der Waals surface area contributed by atoms with Crippen LogP contribution < -0.4 is 0 Å². The monoisotopic (exact) mass is 321 g/mol. The first kappa shape index (κ1) is 20.7. The Morgan fingerprint density at radius 3 is 2.14 bits per heavy atom. The van der Waals surface area contributed by atoms with Crippen molar-refractivity contribution in [3.8, 4) is 0 Å². The van der Waals surface area contributed by atoms with Gasteiger partial charge in [0.05, 0.1) is 6.10 Å². The second-order valence-electron chi connectivity index (χ2n) is 6.07. The SMILES string of the molecule is Cl.O=C(O)CCCCCCCCC(O)CN1CCCCC1. The van der Waals surface area contributed by atoms with Crippen LogP contribution in [0.1, 0.15) is 70.6 Å². The zero-order valence-electron chi connectivity index (χ0n) is 13.1. The minimum atomic E-state index is -0.689. The predicted octanol–water partition coefficient (Wildman–Crippen LogP) is 3.46. The van der Waals surface area contributed by atoms with E-state index in [1.807, 2.05) is 0 Å². The summed E-state index contributed by atoms with van der Waals surface area (Å²) in [7, 11) is 0. The Hall–Kier alpha value is -0.320. The summed E-state index contributed by atoms with van der Waals surface area (Å²) in [6.07, 6.45) is 11.3. The zero-order chi connectivity index (χ0) is 14.6. The number of carboxylic acid groups (broad SMARTS) is 1. The molecule has 1 aliphatic rings. The van der Waals surface area contributed by atoms with E-state index in [1.165, 1.54) is 19.3 Å². The summed E-state index contributed by atoms with van der Waals surface area (Å²) in [6.45, 7) is 3.15. The standard InChI is InChI=1S/C16H31NO3.ClH/c18-15(14-17-12-8-5-9-13-17)10-6-3-1-2-4-7-11-16(19)20;/h15,18H,1-14H2,(H,19,20);1H. The molecule has 0 spiro atoms. The summed E-state index contributed by atoms with van der Waals surface area (Å²) in [6, 6.07) is 0. The zero-order valence-corrected chi connectivity index (χ0v) is 14.0. The van der Waals surface area contributed by atoms with Crippen LogP contribution in [0.25, 0.3) is 0 Å². The third-order valence-corrected chi connectivity index (χ3v) is 4.10. The molecule has 0 radical (unpaired) electrons. The van der Waals surface area contributed by atoms with Crippen molar-refractivity contribution in [1.29, 1.82) is 0 Å². The van der Waals surface area contributed by atoms with Gasteiger partial charge in [0.2, 0.25) is 0 Å². The average molecular weight is 322 g/mol. The lowest BCUT2D eigenvalue weighted by Crippen LogP contribution is -2.36. The van der Waals surface area contributed by atoms with Gasteiger partial charge in [-0.1, -0.05) is 38.5 Å². The van der Waals surface area contributed by atoms with Gasteiger partial charge in [0.1, 0.15) is 0 Å². The van der Waals surface area contributed by atoms with E-state index in [2.05, 4.69) is 4.90 Å². The Morgan fingerprint density at radius 1 is 0.952 bits per heavy atom. The number of piperidine rings is 1. The number of nitrogens with zero attached hydrogens (tertiary/aromatic N) is 1. The number of aliphatic carboxylic acids is 1. The van der Waals surface area contributed by atoms with Crippen molar-refractivity contribution in [2.24, 2.45) is 0 Å². The second kappa shape index (κ2) is 13.4. The average Bonchev–Trinajstić information content (AvgIpc) is 2.42. The maximum Gasteiger partial charge on any atom is 0.303 e. The molecule has 0 aromatic carbocycles. The lowest BCUT2D eigenvalue weighted by molar-refractivity contribution is -0.137. The third-order valence-electron chi connectivity index (χ3n) is 4.10. The topological polar surface area (TPSA) is 60.8 Å². The molecule has 1 heterocycles. The van der Waals surface area contributed by atoms with E-state index in [-0.39, 0.29) is 18.5 Å². The highest BCUT2D eigenvalue weighted by Crippen LogP contribution is 2.13. The molecular formula is C16H32ClNO3. The summed E-state index contributed by atoms with van der Waals surface area (Å²) in [4.78, 5) is 12.7. The Kier molecular flexibility index (Phi) is 13.1. The van der Waals surface area contributed by atoms with Gasteiger partial charge in [-0.2, -0.15) is 0 Å². The van der Waals surface area contributed by atoms with Crippen LogP contribution in [0.5, 0.6) is 0 Å². The minimum Gasteiger partial charge on any atom is -0.481 e. The van der Waals surface area contributed by atoms with Crippen molar-refractivity contribution in [2.45, 2.75) is 76.7 Å². The van der Waals surface area contributed by atoms with E-state index >= 15 is 0 Å². The molecule has 5 heteroatoms. The van der Waals surface area contributed by atoms with E-state index in [1.54, 1.807) is 0 Å². The number of β-amino-alcohol motifs (C(OH)–C–C–N with tert-alkyl or cyclic N) is 1. The van der Waals surface area contributed by atoms with Gasteiger partial charge in [0.25, 0.3) is 0 Å². The van der Waals surface area contributed by atoms with Crippen LogP contribution in [-0.2, 0) is 4.79 Å². The van der Waals surface area contributed by atoms with E-state index in [0.29, 0.717) is 6.42 Å². The molecule has 1 fully saturated rings. The molecule has 0 saturated carbocycles. The molecule has 0 bridgehead atoms. The first-order valence-corrected chi connectivity index (χ1v) is 8.30. The molecule has 1 unspecified atom stereocenters. The lowest BCUT2D eigenvalue weighted by Gasteiger charge is -2.28. The summed E-state index contributed by atoms with van der Waals surface area (Å²) in [5.74, 6) is -0.689. The van der Waals surface area contributed by atoms with Gasteiger partial charge in [0.15, 0.2) is 0 Å². The van der Waals surface area contributed by atoms with Crippen LogP contribution in [0.4, 0.5) is 0 Å². The van der Waals surface area contributed by atoms with Gasteiger partial charge in [-0.05, 0) is 38.8 Å². The molecular weight excluding hydrogens is 290 g/mol. The van der Waals surface area contributed by atoms with Gasteiger partial charge in [-0.3, -0.25) is 4.79 Å². The summed E-state index contributed by atoms with van der Waals surface area (Å²) in [5, 5.41) is 18.5. The fraction of sp³-hybridized carbons (Fsp3) is 0.938. The first-order valence-electron chi connectivity index (χ1n) is 8.30. The number of aliphatic hydroxyl groups excluding tert-OH is 1. The van der Waals surface area contributed by atoms with Crippen molar-refractivity contribution in [3.63, 3.8) is 0 Å². The third kappa shape index (κ3) is 12.0. The second-order valence-corrected chi connectivity index (χ2v) is 6.07. The molecule has 1 aliphatic heterocycles. The number of carboxylic acids is 1. The summed E-state index contributed by atoms with van der Waals surface area (Å²) < 4.78 is 0. The number of aliphatic hydroxyl groups is 1. The molecule has 21 heavy (non-hydrogen) atoms. The smallest absolute Gasteiger partial charge is 0.303 e. The van der Waals surface area contributed by atoms with Gasteiger partial charge < -0.3 is 15.1 Å². The number of carbonyl (C=O) groups is 1. The number of hydrogen-bond donors (Lipinski definition) is 2. The Labute approximate surface area is 135 Å². The predicted molar refractivity (Wildman–Crippen MR) is 88.1 cm³/mol. The highest BCUT2D eigenvalue weighted by atomic mass is 35.5. The fourth-order valence-electron chi connectivity index (χ4n) is 2.89. The number of likely N-dealkylation sites (tertiary alicyclic amines) is 1. The van der Waals surface area contributed by atoms with Crippen LogP contribution >= 0.6 is 12.4 Å². The van der Waals surface area contributed by atoms with Crippen molar-refractivity contribution in [2.75, 3.05) is 19.6 Å². The molecule has 0 aromatic heterocycles. The molecule has 2 N–H and O–H groups in total. The molecule has 0 aromatic rings. The largest absolute Gasteiger partial charge is 0.481 e. The van der Waals surface area contributed by atoms with Gasteiger partial charge in [0, 0.05) is 13.0 Å². The fourth-order valence-corrected chi connectivity index (χ4v) is 2.89. The van der Waals surface area contributed by atoms with Crippen LogP contribution in [0.3, 0.4) is 0 Å². The molecule has 1 atom stereocenters.